The van der Waals surface area contributed by atoms with Gasteiger partial charge >= 0.3 is 0 Å². The highest BCUT2D eigenvalue weighted by Gasteiger charge is 2.22. The average Bonchev–Trinajstić information content (AvgIpc) is 3.08. The summed E-state index contributed by atoms with van der Waals surface area (Å²) in [6.45, 7) is 7.52. The van der Waals surface area contributed by atoms with Crippen LogP contribution in [0.3, 0.4) is 0 Å². The van der Waals surface area contributed by atoms with Crippen LogP contribution in [0.5, 0.6) is 0 Å². The molecule has 0 saturated heterocycles. The molecule has 2 heterocycles. The molecule has 0 aliphatic carbocycles. The van der Waals surface area contributed by atoms with E-state index < -0.39 is 11.5 Å². The summed E-state index contributed by atoms with van der Waals surface area (Å²) < 4.78 is 1.86. The Labute approximate surface area is 151 Å². The number of hydrogen-bond donors (Lipinski definition) is 2. The largest absolute Gasteiger partial charge is 0.322 e. The topological polar surface area (TPSA) is 92.7 Å². The molecule has 2 N–H and O–H groups in total. The number of aromatic amines is 1. The van der Waals surface area contributed by atoms with E-state index in [0.717, 1.165) is 5.69 Å². The highest BCUT2D eigenvalue weighted by molar-refractivity contribution is 6.04. The van der Waals surface area contributed by atoms with Crippen LogP contribution in [0.25, 0.3) is 5.69 Å². The van der Waals surface area contributed by atoms with Crippen LogP contribution in [0.15, 0.2) is 47.8 Å². The van der Waals surface area contributed by atoms with Crippen LogP contribution in [0.2, 0.25) is 0 Å². The van der Waals surface area contributed by atoms with Gasteiger partial charge in [-0.2, -0.15) is 0 Å². The molecule has 0 unspecified atom stereocenters. The zero-order valence-electron chi connectivity index (χ0n) is 15.2. The summed E-state index contributed by atoms with van der Waals surface area (Å²) in [5.74, 6) is 0.0772. The number of nitrogens with zero attached hydrogens (tertiary/aromatic N) is 3. The first kappa shape index (κ1) is 17.6. The Morgan fingerprint density at radius 1 is 1.19 bits per heavy atom. The van der Waals surface area contributed by atoms with Crippen molar-refractivity contribution in [3.63, 3.8) is 0 Å². The Balaban J connectivity index is 1.83. The highest BCUT2D eigenvalue weighted by atomic mass is 16.2. The van der Waals surface area contributed by atoms with Crippen molar-refractivity contribution in [2.24, 2.45) is 0 Å². The third kappa shape index (κ3) is 3.56. The van der Waals surface area contributed by atoms with E-state index in [2.05, 4.69) is 20.3 Å². The molecule has 0 atom stereocenters. The lowest BCUT2D eigenvalue weighted by atomic mass is 9.95. The van der Waals surface area contributed by atoms with Gasteiger partial charge in [-0.25, -0.2) is 9.97 Å². The summed E-state index contributed by atoms with van der Waals surface area (Å²) in [4.78, 5) is 36.0. The molecule has 7 nitrogen and oxygen atoms in total. The molecule has 1 aromatic carbocycles. The van der Waals surface area contributed by atoms with Crippen LogP contribution >= 0.6 is 0 Å². The van der Waals surface area contributed by atoms with Gasteiger partial charge in [0.1, 0.15) is 11.4 Å². The van der Waals surface area contributed by atoms with Crippen molar-refractivity contribution in [3.05, 3.63) is 70.4 Å². The molecule has 1 amide bonds. The van der Waals surface area contributed by atoms with E-state index in [1.807, 2.05) is 43.7 Å². The van der Waals surface area contributed by atoms with Crippen molar-refractivity contribution in [2.75, 3.05) is 5.32 Å². The molecule has 26 heavy (non-hydrogen) atoms. The Morgan fingerprint density at radius 3 is 2.42 bits per heavy atom. The number of imidazole rings is 1. The van der Waals surface area contributed by atoms with Gasteiger partial charge in [-0.3, -0.25) is 9.59 Å². The average molecular weight is 351 g/mol. The van der Waals surface area contributed by atoms with Crippen LogP contribution in [0.4, 0.5) is 5.69 Å². The van der Waals surface area contributed by atoms with E-state index in [9.17, 15) is 9.59 Å². The molecule has 134 valence electrons. The first-order valence-corrected chi connectivity index (χ1v) is 8.27. The van der Waals surface area contributed by atoms with Gasteiger partial charge in [0.25, 0.3) is 11.5 Å². The quantitative estimate of drug-likeness (QED) is 0.759. The predicted molar refractivity (Wildman–Crippen MR) is 99.8 cm³/mol. The summed E-state index contributed by atoms with van der Waals surface area (Å²) in [7, 11) is 0. The van der Waals surface area contributed by atoms with E-state index in [0.29, 0.717) is 17.2 Å². The molecular weight excluding hydrogens is 330 g/mol. The maximum Gasteiger partial charge on any atom is 0.264 e. The van der Waals surface area contributed by atoms with E-state index in [1.165, 1.54) is 0 Å². The summed E-state index contributed by atoms with van der Waals surface area (Å²) in [5.41, 5.74) is 1.21. The van der Waals surface area contributed by atoms with Crippen LogP contribution in [-0.2, 0) is 5.41 Å². The lowest BCUT2D eigenvalue weighted by molar-refractivity contribution is 0.102. The molecule has 0 spiro atoms. The normalized spacial score (nSPS) is 11.4. The number of aryl methyl sites for hydroxylation is 1. The molecule has 3 rings (SSSR count). The third-order valence-corrected chi connectivity index (χ3v) is 3.97. The van der Waals surface area contributed by atoms with Gasteiger partial charge in [0.2, 0.25) is 0 Å². The van der Waals surface area contributed by atoms with Gasteiger partial charge in [-0.1, -0.05) is 20.8 Å². The van der Waals surface area contributed by atoms with Crippen LogP contribution in [-0.4, -0.2) is 25.4 Å². The maximum absolute atomic E-state index is 12.5. The number of H-pyrrole nitrogens is 1. The number of aromatic nitrogens is 4. The van der Waals surface area contributed by atoms with Crippen LogP contribution in [0.1, 0.15) is 42.6 Å². The fraction of sp³-hybridized carbons (Fsp3) is 0.263. The second-order valence-electron chi connectivity index (χ2n) is 7.10. The number of nitrogens with one attached hydrogen (secondary N) is 2. The number of rotatable bonds is 3. The van der Waals surface area contributed by atoms with Gasteiger partial charge in [0, 0.05) is 29.2 Å². The molecule has 0 bridgehead atoms. The van der Waals surface area contributed by atoms with Gasteiger partial charge in [-0.05, 0) is 31.2 Å². The third-order valence-electron chi connectivity index (χ3n) is 3.97. The molecule has 0 saturated carbocycles. The lowest BCUT2D eigenvalue weighted by Crippen LogP contribution is -2.30. The van der Waals surface area contributed by atoms with Crippen molar-refractivity contribution in [2.45, 2.75) is 33.1 Å². The number of hydrogen-bond acceptors (Lipinski definition) is 4. The Bertz CT molecular complexity index is 980. The van der Waals surface area contributed by atoms with Crippen LogP contribution < -0.4 is 10.9 Å². The second kappa shape index (κ2) is 6.59. The minimum atomic E-state index is -0.480. The molecule has 0 aliphatic rings. The number of carbonyl (C=O) groups excluding carboxylic acids is 1. The molecular formula is C19H21N5O2. The van der Waals surface area contributed by atoms with E-state index in [-0.39, 0.29) is 11.0 Å². The SMILES string of the molecule is Cc1nc(C(C)(C)C)[nH]c(=O)c1C(=O)Nc1ccc(-n2ccnc2)cc1. The maximum atomic E-state index is 12.5. The summed E-state index contributed by atoms with van der Waals surface area (Å²) in [5, 5.41) is 2.75. The first-order valence-electron chi connectivity index (χ1n) is 8.27. The fourth-order valence-electron chi connectivity index (χ4n) is 2.53. The Kier molecular flexibility index (Phi) is 4.46. The van der Waals surface area contributed by atoms with Crippen molar-refractivity contribution >= 4 is 11.6 Å². The zero-order chi connectivity index (χ0) is 18.9. The lowest BCUT2D eigenvalue weighted by Gasteiger charge is -2.18. The number of carbonyl (C=O) groups is 1. The number of anilines is 1. The molecule has 3 aromatic rings. The van der Waals surface area contributed by atoms with Crippen molar-refractivity contribution in [3.8, 4) is 5.69 Å². The fourth-order valence-corrected chi connectivity index (χ4v) is 2.53. The molecule has 0 aliphatic heterocycles. The Morgan fingerprint density at radius 2 is 1.88 bits per heavy atom. The standard InChI is InChI=1S/C19H21N5O2/c1-12-15(17(26)23-18(21-12)19(2,3)4)16(25)22-13-5-7-14(8-6-13)24-10-9-20-11-24/h5-11H,1-4H3,(H,22,25)(H,21,23,26). The van der Waals surface area contributed by atoms with Gasteiger partial charge in [0.05, 0.1) is 12.0 Å². The van der Waals surface area contributed by atoms with Gasteiger partial charge < -0.3 is 14.9 Å². The first-order chi connectivity index (χ1) is 12.3. The molecule has 2 aromatic heterocycles. The molecule has 7 heteroatoms. The minimum absolute atomic E-state index is 0.0247. The highest BCUT2D eigenvalue weighted by Crippen LogP contribution is 2.18. The number of amides is 1. The predicted octanol–water partition coefficient (Wildman–Crippen LogP) is 2.81. The molecule has 0 fully saturated rings. The summed E-state index contributed by atoms with van der Waals surface area (Å²) in [6.07, 6.45) is 5.22. The van der Waals surface area contributed by atoms with E-state index in [4.69, 9.17) is 0 Å². The van der Waals surface area contributed by atoms with Gasteiger partial charge in [0.15, 0.2) is 0 Å². The monoisotopic (exact) mass is 351 g/mol. The van der Waals surface area contributed by atoms with E-state index >= 15 is 0 Å². The Hall–Kier alpha value is -3.22. The zero-order valence-corrected chi connectivity index (χ0v) is 15.2. The van der Waals surface area contributed by atoms with E-state index in [1.54, 1.807) is 31.6 Å². The van der Waals surface area contributed by atoms with Crippen molar-refractivity contribution < 1.29 is 4.79 Å². The number of benzene rings is 1. The van der Waals surface area contributed by atoms with Crippen molar-refractivity contribution in [1.82, 2.24) is 19.5 Å². The van der Waals surface area contributed by atoms with Crippen LogP contribution in [0, 0.1) is 6.92 Å². The smallest absolute Gasteiger partial charge is 0.264 e. The second-order valence-corrected chi connectivity index (χ2v) is 7.10. The van der Waals surface area contributed by atoms with Crippen molar-refractivity contribution in [1.29, 1.82) is 0 Å². The minimum Gasteiger partial charge on any atom is -0.322 e. The molecule has 0 radical (unpaired) electrons. The van der Waals surface area contributed by atoms with Gasteiger partial charge in [-0.15, -0.1) is 0 Å². The summed E-state index contributed by atoms with van der Waals surface area (Å²) >= 11 is 0. The summed E-state index contributed by atoms with van der Waals surface area (Å²) in [6, 6.07) is 7.26.